The van der Waals surface area contributed by atoms with Crippen molar-refractivity contribution in [3.05, 3.63) is 29.8 Å². The third kappa shape index (κ3) is 3.52. The standard InChI is InChI=1S/C15H22N4O2/c1-15(2)9-19(7-6-12(15)16)13(20)10-4-3-5-11(8-10)18-14(17)21/h3-5,8,12H,6-7,9,16H2,1-2H3,(H3,17,18,21). The molecule has 1 saturated heterocycles. The first-order chi connectivity index (χ1) is 9.79. The molecule has 1 fully saturated rings. The number of nitrogens with two attached hydrogens (primary N) is 2. The van der Waals surface area contributed by atoms with Gasteiger partial charge in [0.25, 0.3) is 5.91 Å². The van der Waals surface area contributed by atoms with Gasteiger partial charge >= 0.3 is 6.03 Å². The second-order valence-corrected chi connectivity index (χ2v) is 6.18. The molecule has 6 heteroatoms. The number of hydrogen-bond donors (Lipinski definition) is 3. The van der Waals surface area contributed by atoms with Crippen LogP contribution in [0.3, 0.4) is 0 Å². The van der Waals surface area contributed by atoms with Crippen LogP contribution in [0.15, 0.2) is 24.3 Å². The van der Waals surface area contributed by atoms with E-state index in [9.17, 15) is 9.59 Å². The summed E-state index contributed by atoms with van der Waals surface area (Å²) < 4.78 is 0. The highest BCUT2D eigenvalue weighted by molar-refractivity contribution is 5.96. The Hall–Kier alpha value is -2.08. The fourth-order valence-electron chi connectivity index (χ4n) is 2.60. The molecule has 0 radical (unpaired) electrons. The molecule has 1 aromatic rings. The number of nitrogens with one attached hydrogen (secondary N) is 1. The molecule has 1 unspecified atom stereocenters. The van der Waals surface area contributed by atoms with Crippen LogP contribution in [0.4, 0.5) is 10.5 Å². The van der Waals surface area contributed by atoms with E-state index in [2.05, 4.69) is 19.2 Å². The summed E-state index contributed by atoms with van der Waals surface area (Å²) >= 11 is 0. The summed E-state index contributed by atoms with van der Waals surface area (Å²) in [6.45, 7) is 5.42. The topological polar surface area (TPSA) is 101 Å². The molecule has 3 amide bonds. The van der Waals surface area contributed by atoms with E-state index in [1.165, 1.54) is 0 Å². The summed E-state index contributed by atoms with van der Waals surface area (Å²) in [6, 6.07) is 6.23. The smallest absolute Gasteiger partial charge is 0.316 e. The van der Waals surface area contributed by atoms with Crippen LogP contribution in [-0.2, 0) is 0 Å². The van der Waals surface area contributed by atoms with Gasteiger partial charge in [0.15, 0.2) is 0 Å². The molecule has 2 rings (SSSR count). The van der Waals surface area contributed by atoms with Gasteiger partial charge in [0.05, 0.1) is 0 Å². The van der Waals surface area contributed by atoms with Gasteiger partial charge in [-0.25, -0.2) is 4.79 Å². The molecule has 1 aliphatic heterocycles. The zero-order valence-corrected chi connectivity index (χ0v) is 12.4. The lowest BCUT2D eigenvalue weighted by Crippen LogP contribution is -2.54. The number of hydrogen-bond acceptors (Lipinski definition) is 3. The highest BCUT2D eigenvalue weighted by atomic mass is 16.2. The first-order valence-electron chi connectivity index (χ1n) is 7.01. The highest BCUT2D eigenvalue weighted by Crippen LogP contribution is 2.28. The number of primary amides is 1. The summed E-state index contributed by atoms with van der Waals surface area (Å²) in [6.07, 6.45) is 0.790. The van der Waals surface area contributed by atoms with Crippen molar-refractivity contribution in [2.75, 3.05) is 18.4 Å². The van der Waals surface area contributed by atoms with Gasteiger partial charge in [-0.2, -0.15) is 0 Å². The Morgan fingerprint density at radius 1 is 1.38 bits per heavy atom. The number of urea groups is 1. The number of nitrogens with zero attached hydrogens (tertiary/aromatic N) is 1. The SMILES string of the molecule is CC1(C)CN(C(=O)c2cccc(NC(N)=O)c2)CCC1N. The van der Waals surface area contributed by atoms with E-state index in [0.29, 0.717) is 24.3 Å². The molecule has 1 aromatic carbocycles. The summed E-state index contributed by atoms with van der Waals surface area (Å²) in [5, 5.41) is 2.47. The van der Waals surface area contributed by atoms with Crippen molar-refractivity contribution in [2.24, 2.45) is 16.9 Å². The molecule has 21 heavy (non-hydrogen) atoms. The lowest BCUT2D eigenvalue weighted by molar-refractivity contribution is 0.0533. The van der Waals surface area contributed by atoms with Crippen molar-refractivity contribution in [3.8, 4) is 0 Å². The van der Waals surface area contributed by atoms with Gasteiger partial charge in [0, 0.05) is 30.4 Å². The molecule has 0 aliphatic carbocycles. The van der Waals surface area contributed by atoms with Gasteiger partial charge in [-0.3, -0.25) is 4.79 Å². The predicted molar refractivity (Wildman–Crippen MR) is 81.9 cm³/mol. The first-order valence-corrected chi connectivity index (χ1v) is 7.01. The molecule has 5 N–H and O–H groups in total. The maximum atomic E-state index is 12.6. The summed E-state index contributed by atoms with van der Waals surface area (Å²) in [4.78, 5) is 25.3. The van der Waals surface area contributed by atoms with Crippen molar-refractivity contribution in [1.82, 2.24) is 4.90 Å². The van der Waals surface area contributed by atoms with E-state index in [-0.39, 0.29) is 17.4 Å². The Morgan fingerprint density at radius 2 is 2.10 bits per heavy atom. The zero-order valence-electron chi connectivity index (χ0n) is 12.4. The Bertz CT molecular complexity index is 556. The first kappa shape index (κ1) is 15.3. The van der Waals surface area contributed by atoms with Crippen molar-refractivity contribution >= 4 is 17.6 Å². The zero-order chi connectivity index (χ0) is 15.6. The van der Waals surface area contributed by atoms with Crippen LogP contribution in [-0.4, -0.2) is 36.0 Å². The van der Waals surface area contributed by atoms with E-state index in [0.717, 1.165) is 6.42 Å². The number of amides is 3. The van der Waals surface area contributed by atoms with Crippen molar-refractivity contribution in [1.29, 1.82) is 0 Å². The van der Waals surface area contributed by atoms with Gasteiger partial charge in [0.1, 0.15) is 0 Å². The molecule has 1 aliphatic rings. The minimum Gasteiger partial charge on any atom is -0.351 e. The maximum absolute atomic E-state index is 12.6. The van der Waals surface area contributed by atoms with Gasteiger partial charge in [-0.15, -0.1) is 0 Å². The number of rotatable bonds is 2. The molecule has 0 aromatic heterocycles. The molecular weight excluding hydrogens is 268 g/mol. The third-order valence-electron chi connectivity index (χ3n) is 3.98. The third-order valence-corrected chi connectivity index (χ3v) is 3.98. The van der Waals surface area contributed by atoms with Crippen LogP contribution < -0.4 is 16.8 Å². The fourth-order valence-corrected chi connectivity index (χ4v) is 2.60. The maximum Gasteiger partial charge on any atom is 0.316 e. The molecule has 6 nitrogen and oxygen atoms in total. The van der Waals surface area contributed by atoms with Crippen LogP contribution in [0.5, 0.6) is 0 Å². The van der Waals surface area contributed by atoms with Crippen molar-refractivity contribution < 1.29 is 9.59 Å². The van der Waals surface area contributed by atoms with Gasteiger partial charge in [0.2, 0.25) is 0 Å². The van der Waals surface area contributed by atoms with E-state index in [4.69, 9.17) is 11.5 Å². The van der Waals surface area contributed by atoms with Gasteiger partial charge in [-0.1, -0.05) is 19.9 Å². The van der Waals surface area contributed by atoms with E-state index in [1.54, 1.807) is 24.3 Å². The normalized spacial score (nSPS) is 20.9. The lowest BCUT2D eigenvalue weighted by atomic mass is 9.79. The average molecular weight is 290 g/mol. The van der Waals surface area contributed by atoms with Crippen molar-refractivity contribution in [3.63, 3.8) is 0 Å². The molecule has 0 saturated carbocycles. The number of anilines is 1. The van der Waals surface area contributed by atoms with Crippen LogP contribution in [0.1, 0.15) is 30.6 Å². The fraction of sp³-hybridized carbons (Fsp3) is 0.467. The minimum absolute atomic E-state index is 0.0527. The quantitative estimate of drug-likeness (QED) is 0.766. The lowest BCUT2D eigenvalue weighted by Gasteiger charge is -2.42. The van der Waals surface area contributed by atoms with Crippen LogP contribution in [0, 0.1) is 5.41 Å². The number of carbonyl (C=O) groups excluding carboxylic acids is 2. The average Bonchev–Trinajstić information content (AvgIpc) is 2.40. The van der Waals surface area contributed by atoms with E-state index < -0.39 is 6.03 Å². The highest BCUT2D eigenvalue weighted by Gasteiger charge is 2.35. The molecule has 1 heterocycles. The monoisotopic (exact) mass is 290 g/mol. The predicted octanol–water partition coefficient (Wildman–Crippen LogP) is 1.38. The van der Waals surface area contributed by atoms with E-state index in [1.807, 2.05) is 4.90 Å². The number of carbonyl (C=O) groups is 2. The van der Waals surface area contributed by atoms with Crippen LogP contribution in [0.2, 0.25) is 0 Å². The Balaban J connectivity index is 2.15. The minimum atomic E-state index is -0.648. The Morgan fingerprint density at radius 3 is 2.71 bits per heavy atom. The van der Waals surface area contributed by atoms with Gasteiger partial charge < -0.3 is 21.7 Å². The molecule has 114 valence electrons. The number of likely N-dealkylation sites (tertiary alicyclic amines) is 1. The number of benzene rings is 1. The summed E-state index contributed by atoms with van der Waals surface area (Å²) in [5.41, 5.74) is 12.1. The number of piperidine rings is 1. The Kier molecular flexibility index (Phi) is 4.18. The van der Waals surface area contributed by atoms with Gasteiger partial charge in [-0.05, 0) is 30.0 Å². The largest absolute Gasteiger partial charge is 0.351 e. The van der Waals surface area contributed by atoms with Crippen LogP contribution in [0.25, 0.3) is 0 Å². The molecule has 0 bridgehead atoms. The van der Waals surface area contributed by atoms with Crippen LogP contribution >= 0.6 is 0 Å². The summed E-state index contributed by atoms with van der Waals surface area (Å²) in [7, 11) is 0. The molecule has 0 spiro atoms. The Labute approximate surface area is 124 Å². The molecule has 1 atom stereocenters. The summed E-state index contributed by atoms with van der Waals surface area (Å²) in [5.74, 6) is -0.0527. The second kappa shape index (κ2) is 5.73. The molecular formula is C15H22N4O2. The second-order valence-electron chi connectivity index (χ2n) is 6.18. The van der Waals surface area contributed by atoms with E-state index >= 15 is 0 Å². The van der Waals surface area contributed by atoms with Crippen molar-refractivity contribution in [2.45, 2.75) is 26.3 Å².